The fourth-order valence-corrected chi connectivity index (χ4v) is 3.41. The topological polar surface area (TPSA) is 54.9 Å². The Balaban J connectivity index is 0.00000364. The number of rotatable bonds is 10. The first-order valence-corrected chi connectivity index (χ1v) is 10.5. The van der Waals surface area contributed by atoms with Gasteiger partial charge in [-0.25, -0.2) is 4.39 Å². The average Bonchev–Trinajstić information content (AvgIpc) is 3.15. The zero-order valence-electron chi connectivity index (χ0n) is 16.1. The number of nitrogens with zero attached hydrogens (tertiary/aromatic N) is 1. The van der Waals surface area contributed by atoms with E-state index in [9.17, 15) is 4.39 Å². The van der Waals surface area contributed by atoms with Crippen LogP contribution < -0.4 is 10.6 Å². The van der Waals surface area contributed by atoms with E-state index >= 15 is 0 Å². The van der Waals surface area contributed by atoms with E-state index in [-0.39, 0.29) is 35.9 Å². The highest BCUT2D eigenvalue weighted by atomic mass is 127. The van der Waals surface area contributed by atoms with E-state index in [1.165, 1.54) is 6.07 Å². The Morgan fingerprint density at radius 1 is 1.37 bits per heavy atom. The molecule has 0 radical (unpaired) electrons. The Morgan fingerprint density at radius 2 is 2.22 bits per heavy atom. The number of benzene rings is 1. The van der Waals surface area contributed by atoms with Crippen molar-refractivity contribution in [3.8, 4) is 0 Å². The van der Waals surface area contributed by atoms with Crippen molar-refractivity contribution in [2.75, 3.05) is 39.7 Å². The first-order chi connectivity index (χ1) is 12.7. The molecule has 1 aromatic carbocycles. The van der Waals surface area contributed by atoms with Gasteiger partial charge in [0.15, 0.2) is 5.96 Å². The number of hydrogen-bond acceptors (Lipinski definition) is 4. The molecular formula is C19H31FIN3O2S. The Labute approximate surface area is 183 Å². The second-order valence-corrected chi connectivity index (χ2v) is 7.13. The zero-order chi connectivity index (χ0) is 18.6. The van der Waals surface area contributed by atoms with Gasteiger partial charge in [-0.3, -0.25) is 4.99 Å². The first kappa shape index (κ1) is 24.5. The molecule has 1 unspecified atom stereocenters. The van der Waals surface area contributed by atoms with Crippen LogP contribution in [0.2, 0.25) is 0 Å². The summed E-state index contributed by atoms with van der Waals surface area (Å²) in [5.74, 6) is 1.34. The Kier molecular flexibility index (Phi) is 13.1. The highest BCUT2D eigenvalue weighted by Gasteiger charge is 2.14. The van der Waals surface area contributed by atoms with Gasteiger partial charge in [-0.15, -0.1) is 24.0 Å². The summed E-state index contributed by atoms with van der Waals surface area (Å²) in [6.07, 6.45) is 5.45. The Hall–Kier alpha value is -0.580. The summed E-state index contributed by atoms with van der Waals surface area (Å²) in [5.41, 5.74) is 2.10. The van der Waals surface area contributed by atoms with Crippen molar-refractivity contribution < 1.29 is 13.9 Å². The molecule has 0 saturated carbocycles. The Morgan fingerprint density at radius 3 is 2.93 bits per heavy atom. The van der Waals surface area contributed by atoms with Gasteiger partial charge in [0.1, 0.15) is 5.82 Å². The lowest BCUT2D eigenvalue weighted by atomic mass is 10.1. The summed E-state index contributed by atoms with van der Waals surface area (Å²) in [6, 6.07) is 4.94. The maximum Gasteiger partial charge on any atom is 0.191 e. The molecule has 0 bridgehead atoms. The average molecular weight is 511 g/mol. The third-order valence-electron chi connectivity index (χ3n) is 4.22. The van der Waals surface area contributed by atoms with Crippen molar-refractivity contribution in [1.29, 1.82) is 0 Å². The van der Waals surface area contributed by atoms with Gasteiger partial charge in [0.25, 0.3) is 0 Å². The molecule has 2 rings (SSSR count). The molecule has 0 amide bonds. The van der Waals surface area contributed by atoms with Crippen LogP contribution in [0.1, 0.15) is 30.4 Å². The van der Waals surface area contributed by atoms with Crippen LogP contribution in [0.3, 0.4) is 0 Å². The minimum atomic E-state index is -0.191. The maximum absolute atomic E-state index is 13.4. The molecule has 1 heterocycles. The van der Waals surface area contributed by atoms with E-state index in [1.807, 2.05) is 12.3 Å². The number of guanidine groups is 1. The molecule has 1 atom stereocenters. The van der Waals surface area contributed by atoms with Crippen LogP contribution in [-0.4, -0.2) is 51.7 Å². The lowest BCUT2D eigenvalue weighted by molar-refractivity contribution is 0.0168. The molecule has 1 aliphatic heterocycles. The van der Waals surface area contributed by atoms with Gasteiger partial charge in [-0.2, -0.15) is 11.8 Å². The number of thioether (sulfide) groups is 1. The van der Waals surface area contributed by atoms with E-state index in [0.717, 1.165) is 55.3 Å². The van der Waals surface area contributed by atoms with Crippen LogP contribution >= 0.6 is 35.7 Å². The predicted octanol–water partition coefficient (Wildman–Crippen LogP) is 3.56. The van der Waals surface area contributed by atoms with Crippen LogP contribution in [0.5, 0.6) is 0 Å². The number of halogens is 2. The van der Waals surface area contributed by atoms with Crippen molar-refractivity contribution in [2.24, 2.45) is 4.99 Å². The molecule has 1 saturated heterocycles. The van der Waals surface area contributed by atoms with Crippen molar-refractivity contribution in [3.63, 3.8) is 0 Å². The third kappa shape index (κ3) is 9.45. The fraction of sp³-hybridized carbons (Fsp3) is 0.632. The molecule has 1 aromatic rings. The zero-order valence-corrected chi connectivity index (χ0v) is 19.3. The minimum Gasteiger partial charge on any atom is -0.379 e. The van der Waals surface area contributed by atoms with E-state index < -0.39 is 0 Å². The molecule has 0 aliphatic carbocycles. The predicted molar refractivity (Wildman–Crippen MR) is 122 cm³/mol. The number of hydrogen-bond donors (Lipinski definition) is 2. The third-order valence-corrected chi connectivity index (χ3v) is 4.82. The van der Waals surface area contributed by atoms with Gasteiger partial charge < -0.3 is 20.1 Å². The van der Waals surface area contributed by atoms with Crippen molar-refractivity contribution in [2.45, 2.75) is 37.7 Å². The highest BCUT2D eigenvalue weighted by molar-refractivity contribution is 14.0. The second kappa shape index (κ2) is 14.4. The SMILES string of the molecule is CN=C(NCCCOCC1CCCO1)NCc1ccc(F)cc1CSC.I. The van der Waals surface area contributed by atoms with Gasteiger partial charge in [-0.1, -0.05) is 6.07 Å². The van der Waals surface area contributed by atoms with Gasteiger partial charge in [0, 0.05) is 39.1 Å². The summed E-state index contributed by atoms with van der Waals surface area (Å²) in [6.45, 7) is 3.66. The lowest BCUT2D eigenvalue weighted by Gasteiger charge is -2.14. The fourth-order valence-electron chi connectivity index (χ4n) is 2.83. The molecule has 27 heavy (non-hydrogen) atoms. The second-order valence-electron chi connectivity index (χ2n) is 6.26. The largest absolute Gasteiger partial charge is 0.379 e. The normalized spacial score (nSPS) is 16.9. The lowest BCUT2D eigenvalue weighted by Crippen LogP contribution is -2.37. The van der Waals surface area contributed by atoms with Crippen LogP contribution in [-0.2, 0) is 21.8 Å². The molecule has 0 spiro atoms. The van der Waals surface area contributed by atoms with E-state index in [4.69, 9.17) is 9.47 Å². The molecular weight excluding hydrogens is 480 g/mol. The number of ether oxygens (including phenoxy) is 2. The van der Waals surface area contributed by atoms with Crippen LogP contribution in [0.4, 0.5) is 4.39 Å². The van der Waals surface area contributed by atoms with Crippen molar-refractivity contribution >= 4 is 41.7 Å². The summed E-state index contributed by atoms with van der Waals surface area (Å²) in [7, 11) is 1.75. The number of nitrogens with one attached hydrogen (secondary N) is 2. The maximum atomic E-state index is 13.4. The summed E-state index contributed by atoms with van der Waals surface area (Å²) in [4.78, 5) is 4.23. The standard InChI is InChI=1S/C19H30FN3O2S.HI/c1-21-19(22-8-4-9-24-13-18-5-3-10-25-18)23-12-15-6-7-17(20)11-16(15)14-26-2;/h6-7,11,18H,3-5,8-10,12-14H2,1-2H3,(H2,21,22,23);1H. The smallest absolute Gasteiger partial charge is 0.191 e. The molecule has 1 fully saturated rings. The van der Waals surface area contributed by atoms with Crippen molar-refractivity contribution in [3.05, 3.63) is 35.1 Å². The van der Waals surface area contributed by atoms with Gasteiger partial charge in [0.2, 0.25) is 0 Å². The van der Waals surface area contributed by atoms with E-state index in [1.54, 1.807) is 24.9 Å². The van der Waals surface area contributed by atoms with Crippen LogP contribution in [0.15, 0.2) is 23.2 Å². The highest BCUT2D eigenvalue weighted by Crippen LogP contribution is 2.16. The molecule has 5 nitrogen and oxygen atoms in total. The Bertz CT molecular complexity index is 572. The van der Waals surface area contributed by atoms with Gasteiger partial charge in [0.05, 0.1) is 12.7 Å². The molecule has 8 heteroatoms. The minimum absolute atomic E-state index is 0. The monoisotopic (exact) mass is 511 g/mol. The van der Waals surface area contributed by atoms with Gasteiger partial charge in [-0.05, 0) is 48.8 Å². The molecule has 0 aromatic heterocycles. The van der Waals surface area contributed by atoms with Gasteiger partial charge >= 0.3 is 0 Å². The quantitative estimate of drug-likeness (QED) is 0.218. The molecule has 2 N–H and O–H groups in total. The van der Waals surface area contributed by atoms with Crippen LogP contribution in [0.25, 0.3) is 0 Å². The first-order valence-electron chi connectivity index (χ1n) is 9.13. The summed E-state index contributed by atoms with van der Waals surface area (Å²) >= 11 is 1.68. The molecule has 1 aliphatic rings. The number of aliphatic imine (C=N–C) groups is 1. The summed E-state index contributed by atoms with van der Waals surface area (Å²) < 4.78 is 24.6. The molecule has 154 valence electrons. The van der Waals surface area contributed by atoms with Crippen molar-refractivity contribution in [1.82, 2.24) is 10.6 Å². The van der Waals surface area contributed by atoms with Crippen LogP contribution in [0, 0.1) is 5.82 Å². The van der Waals surface area contributed by atoms with E-state index in [0.29, 0.717) is 19.8 Å². The van der Waals surface area contributed by atoms with E-state index in [2.05, 4.69) is 15.6 Å². The summed E-state index contributed by atoms with van der Waals surface area (Å²) in [5, 5.41) is 6.57.